The Kier molecular flexibility index (Phi) is 4.95. The van der Waals surface area contributed by atoms with Crippen molar-refractivity contribution in [2.75, 3.05) is 0 Å². The quantitative estimate of drug-likeness (QED) is 0.779. The molecule has 2 atom stereocenters. The maximum atomic E-state index is 11.6. The molecule has 1 rings (SSSR count). The highest BCUT2D eigenvalue weighted by Gasteiger charge is 2.32. The zero-order valence-corrected chi connectivity index (χ0v) is 10.1. The van der Waals surface area contributed by atoms with Gasteiger partial charge in [0.1, 0.15) is 5.92 Å². The van der Waals surface area contributed by atoms with Crippen molar-refractivity contribution in [3.05, 3.63) is 0 Å². The van der Waals surface area contributed by atoms with Crippen molar-refractivity contribution in [3.8, 4) is 6.07 Å². The molecule has 0 aliphatic heterocycles. The molecule has 0 unspecified atom stereocenters. The summed E-state index contributed by atoms with van der Waals surface area (Å²) in [5.41, 5.74) is 4.88. The van der Waals surface area contributed by atoms with Gasteiger partial charge in [0.05, 0.1) is 6.07 Å². The van der Waals surface area contributed by atoms with Gasteiger partial charge >= 0.3 is 6.03 Å². The number of imide groups is 1. The molecule has 1 saturated carbocycles. The van der Waals surface area contributed by atoms with Crippen molar-refractivity contribution in [2.45, 2.75) is 39.0 Å². The molecule has 0 spiro atoms. The number of hydrogen-bond donors (Lipinski definition) is 2. The van der Waals surface area contributed by atoms with Crippen LogP contribution in [0, 0.1) is 29.1 Å². The van der Waals surface area contributed by atoms with Crippen LogP contribution in [0.4, 0.5) is 4.79 Å². The molecule has 0 aromatic heterocycles. The number of nitriles is 1. The van der Waals surface area contributed by atoms with E-state index in [2.05, 4.69) is 0 Å². The number of rotatable bonds is 3. The highest BCUT2D eigenvalue weighted by molar-refractivity contribution is 5.95. The standard InChI is InChI=1S/C12H19N3O2/c1-8(9-5-3-2-4-6-9)10(7-13)11(16)15-12(14)17/h8-10H,2-6H2,1H3,(H3,14,15,16,17)/t8-,10+/m1/s1. The fourth-order valence-electron chi connectivity index (χ4n) is 2.55. The van der Waals surface area contributed by atoms with Gasteiger partial charge in [-0.3, -0.25) is 10.1 Å². The molecule has 3 amide bonds. The number of nitrogens with zero attached hydrogens (tertiary/aromatic N) is 1. The Morgan fingerprint density at radius 3 is 2.41 bits per heavy atom. The molecule has 0 aromatic rings. The largest absolute Gasteiger partial charge is 0.351 e. The predicted molar refractivity (Wildman–Crippen MR) is 62.6 cm³/mol. The molecule has 5 nitrogen and oxygen atoms in total. The fraction of sp³-hybridized carbons (Fsp3) is 0.750. The molecule has 17 heavy (non-hydrogen) atoms. The van der Waals surface area contributed by atoms with Gasteiger partial charge in [0, 0.05) is 0 Å². The van der Waals surface area contributed by atoms with Crippen molar-refractivity contribution in [2.24, 2.45) is 23.5 Å². The smallest absolute Gasteiger partial charge is 0.318 e. The molecule has 1 fully saturated rings. The Morgan fingerprint density at radius 1 is 1.35 bits per heavy atom. The molecule has 3 N–H and O–H groups in total. The summed E-state index contributed by atoms with van der Waals surface area (Å²) in [6.07, 6.45) is 5.66. The van der Waals surface area contributed by atoms with Crippen LogP contribution >= 0.6 is 0 Å². The van der Waals surface area contributed by atoms with Crippen LogP contribution in [0.3, 0.4) is 0 Å². The summed E-state index contributed by atoms with van der Waals surface area (Å²) in [5.74, 6) is -0.990. The van der Waals surface area contributed by atoms with Crippen LogP contribution in [0.25, 0.3) is 0 Å². The van der Waals surface area contributed by atoms with E-state index < -0.39 is 17.9 Å². The summed E-state index contributed by atoms with van der Waals surface area (Å²) in [5, 5.41) is 11.0. The number of carbonyl (C=O) groups excluding carboxylic acids is 2. The monoisotopic (exact) mass is 237 g/mol. The van der Waals surface area contributed by atoms with Crippen LogP contribution in [0.15, 0.2) is 0 Å². The first-order valence-corrected chi connectivity index (χ1v) is 6.06. The van der Waals surface area contributed by atoms with Crippen molar-refractivity contribution >= 4 is 11.9 Å². The van der Waals surface area contributed by atoms with Crippen LogP contribution in [0.2, 0.25) is 0 Å². The number of nitrogens with two attached hydrogens (primary N) is 1. The van der Waals surface area contributed by atoms with E-state index >= 15 is 0 Å². The van der Waals surface area contributed by atoms with Crippen LogP contribution in [-0.4, -0.2) is 11.9 Å². The lowest BCUT2D eigenvalue weighted by molar-refractivity contribution is -0.124. The summed E-state index contributed by atoms with van der Waals surface area (Å²) in [6.45, 7) is 1.91. The molecular formula is C12H19N3O2. The van der Waals surface area contributed by atoms with Gasteiger partial charge in [0.15, 0.2) is 0 Å². The lowest BCUT2D eigenvalue weighted by Gasteiger charge is -2.29. The summed E-state index contributed by atoms with van der Waals surface area (Å²) in [7, 11) is 0. The first-order valence-electron chi connectivity index (χ1n) is 6.06. The first-order chi connectivity index (χ1) is 8.06. The van der Waals surface area contributed by atoms with Gasteiger partial charge in [-0.05, 0) is 11.8 Å². The lowest BCUT2D eigenvalue weighted by atomic mass is 9.75. The molecule has 5 heteroatoms. The molecule has 0 radical (unpaired) electrons. The average Bonchev–Trinajstić information content (AvgIpc) is 2.30. The van der Waals surface area contributed by atoms with Crippen molar-refractivity contribution in [1.29, 1.82) is 5.26 Å². The first kappa shape index (κ1) is 13.5. The number of primary amides is 1. The minimum absolute atomic E-state index is 0.0281. The summed E-state index contributed by atoms with van der Waals surface area (Å²) in [6, 6.07) is 1.09. The van der Waals surface area contributed by atoms with Crippen molar-refractivity contribution < 1.29 is 9.59 Å². The molecule has 0 aromatic carbocycles. The molecule has 1 aliphatic carbocycles. The van der Waals surface area contributed by atoms with Gasteiger partial charge < -0.3 is 5.73 Å². The minimum atomic E-state index is -0.897. The van der Waals surface area contributed by atoms with Gasteiger partial charge in [-0.2, -0.15) is 5.26 Å². The zero-order valence-electron chi connectivity index (χ0n) is 10.1. The van der Waals surface area contributed by atoms with Crippen LogP contribution in [0.1, 0.15) is 39.0 Å². The topological polar surface area (TPSA) is 96.0 Å². The van der Waals surface area contributed by atoms with E-state index in [0.29, 0.717) is 5.92 Å². The third-order valence-electron chi connectivity index (χ3n) is 3.59. The Balaban J connectivity index is 2.62. The van der Waals surface area contributed by atoms with E-state index in [-0.39, 0.29) is 5.92 Å². The van der Waals surface area contributed by atoms with Crippen LogP contribution in [-0.2, 0) is 4.79 Å². The number of urea groups is 1. The number of amides is 3. The molecule has 0 saturated heterocycles. The van der Waals surface area contributed by atoms with E-state index in [4.69, 9.17) is 11.0 Å². The third kappa shape index (κ3) is 3.74. The molecule has 94 valence electrons. The van der Waals surface area contributed by atoms with Gasteiger partial charge in [-0.1, -0.05) is 39.0 Å². The average molecular weight is 237 g/mol. The van der Waals surface area contributed by atoms with E-state index in [1.54, 1.807) is 0 Å². The maximum absolute atomic E-state index is 11.6. The molecule has 1 aliphatic rings. The summed E-state index contributed by atoms with van der Waals surface area (Å²) >= 11 is 0. The van der Waals surface area contributed by atoms with Crippen molar-refractivity contribution in [1.82, 2.24) is 5.32 Å². The number of nitrogens with one attached hydrogen (secondary N) is 1. The highest BCUT2D eigenvalue weighted by atomic mass is 16.2. The Hall–Kier alpha value is -1.57. The van der Waals surface area contributed by atoms with Gasteiger partial charge in [-0.15, -0.1) is 0 Å². The Labute approximate surface area is 101 Å². The lowest BCUT2D eigenvalue weighted by Crippen LogP contribution is -2.42. The second-order valence-corrected chi connectivity index (χ2v) is 4.72. The van der Waals surface area contributed by atoms with Crippen LogP contribution < -0.4 is 11.1 Å². The van der Waals surface area contributed by atoms with Gasteiger partial charge in [0.2, 0.25) is 5.91 Å². The Bertz CT molecular complexity index is 329. The third-order valence-corrected chi connectivity index (χ3v) is 3.59. The van der Waals surface area contributed by atoms with Gasteiger partial charge in [-0.25, -0.2) is 4.79 Å². The molecule has 0 bridgehead atoms. The van der Waals surface area contributed by atoms with Crippen LogP contribution in [0.5, 0.6) is 0 Å². The molecule has 0 heterocycles. The molecular weight excluding hydrogens is 218 g/mol. The van der Waals surface area contributed by atoms with Gasteiger partial charge in [0.25, 0.3) is 0 Å². The minimum Gasteiger partial charge on any atom is -0.351 e. The highest BCUT2D eigenvalue weighted by Crippen LogP contribution is 2.33. The Morgan fingerprint density at radius 2 is 1.94 bits per heavy atom. The SMILES string of the molecule is C[C@H](C1CCCCC1)[C@H](C#N)C(=O)NC(N)=O. The summed E-state index contributed by atoms with van der Waals surface area (Å²) in [4.78, 5) is 22.2. The van der Waals surface area contributed by atoms with Crippen molar-refractivity contribution in [3.63, 3.8) is 0 Å². The maximum Gasteiger partial charge on any atom is 0.318 e. The zero-order chi connectivity index (χ0) is 12.8. The van der Waals surface area contributed by atoms with E-state index in [1.165, 1.54) is 6.42 Å². The van der Waals surface area contributed by atoms with E-state index in [0.717, 1.165) is 25.7 Å². The summed E-state index contributed by atoms with van der Waals surface area (Å²) < 4.78 is 0. The predicted octanol–water partition coefficient (Wildman–Crippen LogP) is 1.54. The van der Waals surface area contributed by atoms with E-state index in [1.807, 2.05) is 18.3 Å². The second-order valence-electron chi connectivity index (χ2n) is 4.72. The fourth-order valence-corrected chi connectivity index (χ4v) is 2.55. The second kappa shape index (κ2) is 6.24. The number of hydrogen-bond acceptors (Lipinski definition) is 3. The number of carbonyl (C=O) groups is 2. The van der Waals surface area contributed by atoms with E-state index in [9.17, 15) is 9.59 Å². The normalized spacial score (nSPS) is 20.0.